The van der Waals surface area contributed by atoms with Crippen LogP contribution in [0.15, 0.2) is 47.6 Å². The van der Waals surface area contributed by atoms with Gasteiger partial charge in [-0.2, -0.15) is 0 Å². The van der Waals surface area contributed by atoms with Gasteiger partial charge in [0.25, 0.3) is 0 Å². The van der Waals surface area contributed by atoms with Gasteiger partial charge < -0.3 is 5.32 Å². The molecule has 0 aromatic carbocycles. The van der Waals surface area contributed by atoms with E-state index >= 15 is 0 Å². The quantitative estimate of drug-likeness (QED) is 0.652. The van der Waals surface area contributed by atoms with Crippen molar-refractivity contribution < 1.29 is 0 Å². The lowest BCUT2D eigenvalue weighted by Gasteiger charge is -2.19. The maximum absolute atomic E-state index is 3.55. The Morgan fingerprint density at radius 3 is 2.81 bits per heavy atom. The second kappa shape index (κ2) is 4.42. The standard InChI is InChI=1S/C15H19N/c1-2-4-9-14-12(6-3-1)7-5-8-13-10-16-11-15(13)14/h1-4,6,9,13,15-16H,5,7-8,10-11H2/b2-1?,3-1?,4-2?,6-3?,9-4?,12-6-,14-9+. The Balaban J connectivity index is 1.99. The van der Waals surface area contributed by atoms with Crippen molar-refractivity contribution in [3.8, 4) is 0 Å². The maximum atomic E-state index is 3.55. The molecule has 0 radical (unpaired) electrons. The topological polar surface area (TPSA) is 12.0 Å². The first-order valence-electron chi connectivity index (χ1n) is 6.40. The summed E-state index contributed by atoms with van der Waals surface area (Å²) in [5.41, 5.74) is 3.16. The molecule has 1 heteroatoms. The molecular weight excluding hydrogens is 194 g/mol. The van der Waals surface area contributed by atoms with Crippen LogP contribution in [0.5, 0.6) is 0 Å². The fraction of sp³-hybridized carbons (Fsp3) is 0.467. The van der Waals surface area contributed by atoms with Gasteiger partial charge in [-0.05, 0) is 42.9 Å². The molecule has 1 heterocycles. The molecule has 2 unspecified atom stereocenters. The van der Waals surface area contributed by atoms with Gasteiger partial charge in [-0.3, -0.25) is 0 Å². The molecule has 0 bridgehead atoms. The third-order valence-electron chi connectivity index (χ3n) is 4.04. The lowest BCUT2D eigenvalue weighted by Crippen LogP contribution is -2.14. The minimum atomic E-state index is 0.755. The minimum Gasteiger partial charge on any atom is -0.316 e. The van der Waals surface area contributed by atoms with Crippen molar-refractivity contribution >= 4 is 0 Å². The van der Waals surface area contributed by atoms with Gasteiger partial charge in [-0.1, -0.05) is 36.5 Å². The van der Waals surface area contributed by atoms with E-state index in [1.807, 2.05) is 0 Å². The maximum Gasteiger partial charge on any atom is 0.00235 e. The van der Waals surface area contributed by atoms with Gasteiger partial charge in [0.1, 0.15) is 0 Å². The summed E-state index contributed by atoms with van der Waals surface area (Å²) in [7, 11) is 0. The Morgan fingerprint density at radius 2 is 1.88 bits per heavy atom. The first-order chi connectivity index (χ1) is 7.95. The molecule has 2 aliphatic carbocycles. The van der Waals surface area contributed by atoms with Crippen LogP contribution in [-0.4, -0.2) is 13.1 Å². The van der Waals surface area contributed by atoms with E-state index in [9.17, 15) is 0 Å². The summed E-state index contributed by atoms with van der Waals surface area (Å²) < 4.78 is 0. The highest BCUT2D eigenvalue weighted by Crippen LogP contribution is 2.38. The highest BCUT2D eigenvalue weighted by molar-refractivity contribution is 5.42. The van der Waals surface area contributed by atoms with Crippen LogP contribution in [0.25, 0.3) is 0 Å². The molecule has 0 aromatic rings. The lowest BCUT2D eigenvalue weighted by molar-refractivity contribution is 0.451. The fourth-order valence-electron chi connectivity index (χ4n) is 3.21. The molecule has 0 spiro atoms. The van der Waals surface area contributed by atoms with Crippen LogP contribution in [0, 0.1) is 11.8 Å². The van der Waals surface area contributed by atoms with Crippen LogP contribution >= 0.6 is 0 Å². The third kappa shape index (κ3) is 1.80. The molecule has 0 aromatic heterocycles. The van der Waals surface area contributed by atoms with E-state index in [2.05, 4.69) is 41.8 Å². The molecule has 16 heavy (non-hydrogen) atoms. The van der Waals surface area contributed by atoms with E-state index in [1.54, 1.807) is 11.1 Å². The SMILES string of the molecule is C1=C/C=C2/CCCC3CNCC3/C2=C/C=C1. The van der Waals surface area contributed by atoms with Gasteiger partial charge in [0.15, 0.2) is 0 Å². The summed E-state index contributed by atoms with van der Waals surface area (Å²) >= 11 is 0. The highest BCUT2D eigenvalue weighted by atomic mass is 14.9. The Hall–Kier alpha value is -1.08. The lowest BCUT2D eigenvalue weighted by atomic mass is 9.85. The number of hydrogen-bond acceptors (Lipinski definition) is 1. The molecule has 1 saturated heterocycles. The van der Waals surface area contributed by atoms with Crippen LogP contribution < -0.4 is 5.32 Å². The molecule has 2 fully saturated rings. The van der Waals surface area contributed by atoms with E-state index in [4.69, 9.17) is 0 Å². The number of hydrogen-bond donors (Lipinski definition) is 1. The van der Waals surface area contributed by atoms with Gasteiger partial charge in [-0.25, -0.2) is 0 Å². The van der Waals surface area contributed by atoms with Crippen LogP contribution in [-0.2, 0) is 0 Å². The van der Waals surface area contributed by atoms with Crippen molar-refractivity contribution in [2.24, 2.45) is 11.8 Å². The normalized spacial score (nSPS) is 39.5. The van der Waals surface area contributed by atoms with E-state index in [1.165, 1.54) is 32.4 Å². The van der Waals surface area contributed by atoms with Gasteiger partial charge in [0.2, 0.25) is 0 Å². The van der Waals surface area contributed by atoms with E-state index in [0.29, 0.717) is 0 Å². The summed E-state index contributed by atoms with van der Waals surface area (Å²) in [5, 5.41) is 3.55. The van der Waals surface area contributed by atoms with E-state index < -0.39 is 0 Å². The van der Waals surface area contributed by atoms with Gasteiger partial charge in [0.05, 0.1) is 0 Å². The zero-order chi connectivity index (χ0) is 10.8. The van der Waals surface area contributed by atoms with Crippen molar-refractivity contribution in [1.82, 2.24) is 5.32 Å². The largest absolute Gasteiger partial charge is 0.316 e. The molecule has 3 rings (SSSR count). The van der Waals surface area contributed by atoms with Gasteiger partial charge in [0, 0.05) is 12.5 Å². The molecule has 1 aliphatic heterocycles. The van der Waals surface area contributed by atoms with Crippen molar-refractivity contribution in [2.45, 2.75) is 19.3 Å². The molecule has 1 nitrogen and oxygen atoms in total. The van der Waals surface area contributed by atoms with E-state index in [0.717, 1.165) is 11.8 Å². The summed E-state index contributed by atoms with van der Waals surface area (Å²) in [6.07, 6.45) is 17.3. The van der Waals surface area contributed by atoms with Crippen LogP contribution in [0.1, 0.15) is 19.3 Å². The predicted molar refractivity (Wildman–Crippen MR) is 68.1 cm³/mol. The Labute approximate surface area is 97.6 Å². The molecule has 1 N–H and O–H groups in total. The zero-order valence-corrected chi connectivity index (χ0v) is 9.65. The smallest absolute Gasteiger partial charge is 0.00235 e. The number of allylic oxidation sites excluding steroid dienone is 7. The zero-order valence-electron chi connectivity index (χ0n) is 9.65. The molecule has 0 amide bonds. The van der Waals surface area contributed by atoms with E-state index in [-0.39, 0.29) is 0 Å². The second-order valence-corrected chi connectivity index (χ2v) is 5.00. The second-order valence-electron chi connectivity index (χ2n) is 5.00. The fourth-order valence-corrected chi connectivity index (χ4v) is 3.21. The third-order valence-corrected chi connectivity index (χ3v) is 4.04. The van der Waals surface area contributed by atoms with Crippen molar-refractivity contribution in [3.05, 3.63) is 47.6 Å². The molecule has 3 aliphatic rings. The summed E-state index contributed by atoms with van der Waals surface area (Å²) in [6.45, 7) is 2.39. The molecule has 84 valence electrons. The molecular formula is C15H19N. The number of nitrogens with one attached hydrogen (secondary N) is 1. The monoisotopic (exact) mass is 213 g/mol. The molecule has 1 saturated carbocycles. The minimum absolute atomic E-state index is 0.755. The average molecular weight is 213 g/mol. The number of fused-ring (bicyclic) bond motifs is 3. The first kappa shape index (κ1) is 10.1. The summed E-state index contributed by atoms with van der Waals surface area (Å²) in [4.78, 5) is 0. The van der Waals surface area contributed by atoms with Gasteiger partial charge in [-0.15, -0.1) is 0 Å². The Morgan fingerprint density at radius 1 is 1.00 bits per heavy atom. The van der Waals surface area contributed by atoms with Crippen LogP contribution in [0.2, 0.25) is 0 Å². The highest BCUT2D eigenvalue weighted by Gasteiger charge is 2.32. The van der Waals surface area contributed by atoms with Crippen LogP contribution in [0.3, 0.4) is 0 Å². The summed E-state index contributed by atoms with van der Waals surface area (Å²) in [6, 6.07) is 0. The average Bonchev–Trinajstić information content (AvgIpc) is 2.64. The van der Waals surface area contributed by atoms with Crippen molar-refractivity contribution in [2.75, 3.05) is 13.1 Å². The van der Waals surface area contributed by atoms with Gasteiger partial charge >= 0.3 is 0 Å². The van der Waals surface area contributed by atoms with Crippen LogP contribution in [0.4, 0.5) is 0 Å². The first-order valence-corrected chi connectivity index (χ1v) is 6.40. The number of rotatable bonds is 0. The molecule has 2 atom stereocenters. The van der Waals surface area contributed by atoms with Crippen molar-refractivity contribution in [1.29, 1.82) is 0 Å². The Bertz CT molecular complexity index is 384. The predicted octanol–water partition coefficient (Wildman–Crippen LogP) is 2.98. The Kier molecular flexibility index (Phi) is 2.79. The summed E-state index contributed by atoms with van der Waals surface area (Å²) in [5.74, 6) is 1.62. The van der Waals surface area contributed by atoms with Crippen molar-refractivity contribution in [3.63, 3.8) is 0 Å².